The van der Waals surface area contributed by atoms with E-state index in [2.05, 4.69) is 15.4 Å². The number of hydrogen-bond donors (Lipinski definition) is 0. The van der Waals surface area contributed by atoms with Crippen molar-refractivity contribution < 1.29 is 4.79 Å². The van der Waals surface area contributed by atoms with E-state index < -0.39 is 0 Å². The van der Waals surface area contributed by atoms with Gasteiger partial charge in [0.2, 0.25) is 6.41 Å². The standard InChI is InChI=1S/C17H12N4O/c1-11-2-4-12(5-3-11)21(10-22)16-9-7-14-13(16)6-8-15-17(14)19-20-18-15/h2-10H,1H3. The van der Waals surface area contributed by atoms with Gasteiger partial charge in [0.15, 0.2) is 0 Å². The van der Waals surface area contributed by atoms with Gasteiger partial charge in [0.1, 0.15) is 11.0 Å². The molecule has 0 atom stereocenters. The van der Waals surface area contributed by atoms with Gasteiger partial charge in [-0.3, -0.25) is 9.69 Å². The monoisotopic (exact) mass is 288 g/mol. The number of rotatable bonds is 3. The van der Waals surface area contributed by atoms with Crippen LogP contribution in [0, 0.1) is 6.92 Å². The van der Waals surface area contributed by atoms with Crippen molar-refractivity contribution >= 4 is 29.6 Å². The molecule has 1 aliphatic carbocycles. The number of carbonyl (C=O) groups excluding carboxylic acids is 1. The van der Waals surface area contributed by atoms with E-state index in [1.165, 1.54) is 0 Å². The summed E-state index contributed by atoms with van der Waals surface area (Å²) >= 11 is 0. The molecule has 0 aromatic heterocycles. The fourth-order valence-corrected chi connectivity index (χ4v) is 2.71. The Morgan fingerprint density at radius 2 is 1.86 bits per heavy atom. The predicted octanol–water partition coefficient (Wildman–Crippen LogP) is 2.42. The number of amides is 1. The van der Waals surface area contributed by atoms with Crippen LogP contribution in [0.25, 0.3) is 11.8 Å². The molecule has 106 valence electrons. The molecule has 0 radical (unpaired) electrons. The largest absolute Gasteiger partial charge is 0.283 e. The van der Waals surface area contributed by atoms with E-state index in [1.54, 1.807) is 4.90 Å². The molecule has 0 fully saturated rings. The van der Waals surface area contributed by atoms with Crippen molar-refractivity contribution in [3.05, 3.63) is 64.2 Å². The van der Waals surface area contributed by atoms with Gasteiger partial charge in [0.25, 0.3) is 0 Å². The highest BCUT2D eigenvalue weighted by atomic mass is 16.1. The zero-order valence-corrected chi connectivity index (χ0v) is 11.9. The van der Waals surface area contributed by atoms with Crippen LogP contribution in [-0.2, 0) is 4.79 Å². The lowest BCUT2D eigenvalue weighted by atomic mass is 10.1. The maximum absolute atomic E-state index is 11.6. The summed E-state index contributed by atoms with van der Waals surface area (Å²) in [6.45, 7) is 2.02. The number of carbonyl (C=O) groups is 1. The Kier molecular flexibility index (Phi) is 2.72. The molecule has 22 heavy (non-hydrogen) atoms. The molecule has 1 amide bonds. The summed E-state index contributed by atoms with van der Waals surface area (Å²) in [5, 5.41) is 13.5. The lowest BCUT2D eigenvalue weighted by molar-refractivity contribution is -0.106. The average molecular weight is 288 g/mol. The van der Waals surface area contributed by atoms with Crippen LogP contribution >= 0.6 is 0 Å². The third-order valence-electron chi connectivity index (χ3n) is 3.85. The van der Waals surface area contributed by atoms with Crippen molar-refractivity contribution in [2.24, 2.45) is 15.4 Å². The number of hydrogen-bond acceptors (Lipinski definition) is 4. The molecule has 5 heteroatoms. The highest BCUT2D eigenvalue weighted by Crippen LogP contribution is 2.26. The first kappa shape index (κ1) is 12.6. The molecule has 2 aromatic rings. The Morgan fingerprint density at radius 1 is 1.05 bits per heavy atom. The lowest BCUT2D eigenvalue weighted by Gasteiger charge is -2.18. The number of aryl methyl sites for hydroxylation is 1. The summed E-state index contributed by atoms with van der Waals surface area (Å²) in [4.78, 5) is 13.3. The third kappa shape index (κ3) is 1.79. The quantitative estimate of drug-likeness (QED) is 0.800. The normalized spacial score (nSPS) is 13.8. The van der Waals surface area contributed by atoms with Crippen molar-refractivity contribution in [3.8, 4) is 0 Å². The van der Waals surface area contributed by atoms with Gasteiger partial charge in [-0.05, 0) is 48.6 Å². The lowest BCUT2D eigenvalue weighted by Crippen LogP contribution is -2.24. The average Bonchev–Trinajstić information content (AvgIpc) is 3.16. The Morgan fingerprint density at radius 3 is 2.64 bits per heavy atom. The van der Waals surface area contributed by atoms with Gasteiger partial charge < -0.3 is 0 Å². The first-order valence-electron chi connectivity index (χ1n) is 6.93. The highest BCUT2D eigenvalue weighted by Gasteiger charge is 2.18. The van der Waals surface area contributed by atoms with Crippen molar-refractivity contribution in [2.45, 2.75) is 6.92 Å². The second-order valence-corrected chi connectivity index (χ2v) is 5.21. The molecular weight excluding hydrogens is 276 g/mol. The molecule has 0 spiro atoms. The third-order valence-corrected chi connectivity index (χ3v) is 3.85. The molecule has 1 aliphatic heterocycles. The second-order valence-electron chi connectivity index (χ2n) is 5.21. The van der Waals surface area contributed by atoms with Crippen LogP contribution in [-0.4, -0.2) is 6.41 Å². The topological polar surface area (TPSA) is 57.4 Å². The van der Waals surface area contributed by atoms with Crippen LogP contribution in [0.4, 0.5) is 11.4 Å². The van der Waals surface area contributed by atoms with Crippen LogP contribution in [0.1, 0.15) is 11.1 Å². The Bertz CT molecular complexity index is 955. The molecular formula is C17H12N4O. The van der Waals surface area contributed by atoms with E-state index in [0.717, 1.165) is 45.2 Å². The first-order chi connectivity index (χ1) is 10.8. The van der Waals surface area contributed by atoms with Gasteiger partial charge in [0.05, 0.1) is 5.70 Å². The summed E-state index contributed by atoms with van der Waals surface area (Å²) in [6.07, 6.45) is 4.71. The van der Waals surface area contributed by atoms with Gasteiger partial charge in [0, 0.05) is 16.5 Å². The molecule has 0 unspecified atom stereocenters. The van der Waals surface area contributed by atoms with Gasteiger partial charge in [-0.2, -0.15) is 0 Å². The van der Waals surface area contributed by atoms with E-state index in [4.69, 9.17) is 0 Å². The van der Waals surface area contributed by atoms with Crippen molar-refractivity contribution in [3.63, 3.8) is 0 Å². The van der Waals surface area contributed by atoms with Crippen molar-refractivity contribution in [2.75, 3.05) is 4.90 Å². The molecule has 2 aromatic carbocycles. The summed E-state index contributed by atoms with van der Waals surface area (Å²) in [5.74, 6) is 0. The molecule has 4 rings (SSSR count). The van der Waals surface area contributed by atoms with Crippen LogP contribution < -0.4 is 15.5 Å². The maximum atomic E-state index is 11.6. The number of nitrogens with zero attached hydrogens (tertiary/aromatic N) is 4. The Hall–Kier alpha value is -3.08. The van der Waals surface area contributed by atoms with Crippen molar-refractivity contribution in [1.82, 2.24) is 0 Å². The van der Waals surface area contributed by atoms with E-state index in [0.29, 0.717) is 0 Å². The van der Waals surface area contributed by atoms with E-state index in [-0.39, 0.29) is 0 Å². The smallest absolute Gasteiger partial charge is 0.218 e. The van der Waals surface area contributed by atoms with Crippen molar-refractivity contribution in [1.29, 1.82) is 0 Å². The summed E-state index contributed by atoms with van der Waals surface area (Å²) in [6, 6.07) is 11.7. The van der Waals surface area contributed by atoms with Gasteiger partial charge in [-0.1, -0.05) is 17.7 Å². The highest BCUT2D eigenvalue weighted by molar-refractivity contribution is 5.97. The zero-order chi connectivity index (χ0) is 15.1. The van der Waals surface area contributed by atoms with E-state index >= 15 is 0 Å². The number of fused-ring (bicyclic) bond motifs is 3. The molecule has 5 nitrogen and oxygen atoms in total. The van der Waals surface area contributed by atoms with Crippen LogP contribution in [0.15, 0.2) is 57.9 Å². The Labute approximate surface area is 126 Å². The summed E-state index contributed by atoms with van der Waals surface area (Å²) in [5.41, 5.74) is 4.54. The molecule has 0 saturated heterocycles. The SMILES string of the molecule is Cc1ccc(N(C=O)C2=c3ccc4c(c3C=C2)N=NN=4)cc1. The van der Waals surface area contributed by atoms with Gasteiger partial charge in [-0.25, -0.2) is 0 Å². The van der Waals surface area contributed by atoms with Crippen LogP contribution in [0.3, 0.4) is 0 Å². The summed E-state index contributed by atoms with van der Waals surface area (Å²) in [7, 11) is 0. The van der Waals surface area contributed by atoms with Gasteiger partial charge in [-0.15, -0.1) is 10.2 Å². The maximum Gasteiger partial charge on any atom is 0.218 e. The minimum atomic E-state index is 0.762. The molecule has 2 aliphatic rings. The minimum absolute atomic E-state index is 0.762. The van der Waals surface area contributed by atoms with Crippen LogP contribution in [0.2, 0.25) is 0 Å². The number of anilines is 1. The summed E-state index contributed by atoms with van der Waals surface area (Å²) < 4.78 is 0. The van der Waals surface area contributed by atoms with E-state index in [1.807, 2.05) is 55.5 Å². The minimum Gasteiger partial charge on any atom is -0.283 e. The van der Waals surface area contributed by atoms with Crippen LogP contribution in [0.5, 0.6) is 0 Å². The number of benzene rings is 2. The molecule has 0 N–H and O–H groups in total. The second kappa shape index (κ2) is 4.73. The molecule has 0 saturated carbocycles. The molecule has 0 bridgehead atoms. The molecule has 1 heterocycles. The fraction of sp³-hybridized carbons (Fsp3) is 0.0588. The van der Waals surface area contributed by atoms with Gasteiger partial charge >= 0.3 is 0 Å². The first-order valence-corrected chi connectivity index (χ1v) is 6.93. The fourth-order valence-electron chi connectivity index (χ4n) is 2.71. The predicted molar refractivity (Wildman–Crippen MR) is 83.9 cm³/mol. The Balaban J connectivity index is 1.92. The zero-order valence-electron chi connectivity index (χ0n) is 11.9. The van der Waals surface area contributed by atoms with E-state index in [9.17, 15) is 4.79 Å².